The zero-order valence-electron chi connectivity index (χ0n) is 18.0. The molecule has 0 aliphatic heterocycles. The Morgan fingerprint density at radius 1 is 1.20 bits per heavy atom. The molecular weight excluding hydrogens is 418 g/mol. The van der Waals surface area contributed by atoms with Gasteiger partial charge in [-0.05, 0) is 86.7 Å². The van der Waals surface area contributed by atoms with E-state index in [2.05, 4.69) is 0 Å². The van der Waals surface area contributed by atoms with E-state index in [4.69, 9.17) is 4.74 Å². The summed E-state index contributed by atoms with van der Waals surface area (Å²) in [4.78, 5) is 39.8. The van der Waals surface area contributed by atoms with E-state index in [9.17, 15) is 14.4 Å². The van der Waals surface area contributed by atoms with Gasteiger partial charge in [0.2, 0.25) is 0 Å². The maximum atomic E-state index is 12.8. The topological polar surface area (TPSA) is 63.7 Å². The Labute approximate surface area is 185 Å². The molecule has 0 saturated carbocycles. The van der Waals surface area contributed by atoms with Crippen molar-refractivity contribution >= 4 is 52.0 Å². The third-order valence-electron chi connectivity index (χ3n) is 4.91. The summed E-state index contributed by atoms with van der Waals surface area (Å²) >= 11 is 2.93. The molecule has 0 saturated heterocycles. The quantitative estimate of drug-likeness (QED) is 0.400. The molecule has 2 heterocycles. The van der Waals surface area contributed by atoms with Crippen LogP contribution >= 0.6 is 22.7 Å². The number of likely N-dealkylation sites (N-methyl/N-ethyl adjacent to an activating group) is 1. The Morgan fingerprint density at radius 3 is 2.53 bits per heavy atom. The molecule has 0 spiro atoms. The maximum Gasteiger partial charge on any atom is 0.410 e. The molecule has 3 rings (SSSR count). The highest BCUT2D eigenvalue weighted by Crippen LogP contribution is 2.43. The van der Waals surface area contributed by atoms with Gasteiger partial charge in [-0.15, -0.1) is 22.7 Å². The van der Waals surface area contributed by atoms with Crippen molar-refractivity contribution in [2.24, 2.45) is 0 Å². The summed E-state index contributed by atoms with van der Waals surface area (Å²) in [5.74, 6) is -0.0957. The summed E-state index contributed by atoms with van der Waals surface area (Å²) in [6, 6.07) is 3.90. The van der Waals surface area contributed by atoms with E-state index in [1.54, 1.807) is 27.8 Å². The molecule has 0 radical (unpaired) electrons. The van der Waals surface area contributed by atoms with Gasteiger partial charge >= 0.3 is 6.09 Å². The fraction of sp³-hybridized carbons (Fsp3) is 0.435. The van der Waals surface area contributed by atoms with Crippen LogP contribution in [0, 0.1) is 6.92 Å². The second-order valence-corrected chi connectivity index (χ2v) is 10.7. The van der Waals surface area contributed by atoms with Gasteiger partial charge in [0.1, 0.15) is 5.60 Å². The number of thiophene rings is 2. The summed E-state index contributed by atoms with van der Waals surface area (Å²) < 4.78 is 5.33. The van der Waals surface area contributed by atoms with Crippen molar-refractivity contribution in [3.8, 4) is 0 Å². The van der Waals surface area contributed by atoms with Crippen molar-refractivity contribution in [3.63, 3.8) is 0 Å². The van der Waals surface area contributed by atoms with Gasteiger partial charge in [-0.3, -0.25) is 9.59 Å². The Morgan fingerprint density at radius 2 is 1.90 bits per heavy atom. The molecule has 0 fully saturated rings. The number of hydrogen-bond acceptors (Lipinski definition) is 6. The molecule has 1 aliphatic carbocycles. The lowest BCUT2D eigenvalue weighted by atomic mass is 9.98. The van der Waals surface area contributed by atoms with E-state index in [1.807, 2.05) is 24.4 Å². The van der Waals surface area contributed by atoms with Crippen LogP contribution in [-0.4, -0.2) is 42.3 Å². The molecule has 2 aromatic rings. The summed E-state index contributed by atoms with van der Waals surface area (Å²) in [6.45, 7) is 7.41. The lowest BCUT2D eigenvalue weighted by Crippen LogP contribution is -2.37. The molecule has 1 amide bonds. The standard InChI is InChI=1S/C23H27NO4S2/c1-14-19(18-8-6-7-17(18)15-9-16(12-25)29-13-15)10-21(30-14)20(26)11-24(5)22(27)28-23(2,3)4/h9-10,12-13H,6-8,11H2,1-5H3. The fourth-order valence-electron chi connectivity index (χ4n) is 3.55. The molecule has 30 heavy (non-hydrogen) atoms. The first-order chi connectivity index (χ1) is 14.1. The zero-order valence-corrected chi connectivity index (χ0v) is 19.7. The fourth-order valence-corrected chi connectivity index (χ4v) is 5.25. The third kappa shape index (κ3) is 5.08. The Hall–Kier alpha value is -2.25. The summed E-state index contributed by atoms with van der Waals surface area (Å²) in [6.07, 6.45) is 3.39. The highest BCUT2D eigenvalue weighted by molar-refractivity contribution is 7.14. The second-order valence-electron chi connectivity index (χ2n) is 8.51. The molecule has 160 valence electrons. The van der Waals surface area contributed by atoms with Crippen molar-refractivity contribution in [1.82, 2.24) is 4.90 Å². The van der Waals surface area contributed by atoms with Crippen LogP contribution in [0.5, 0.6) is 0 Å². The number of aldehydes is 1. The van der Waals surface area contributed by atoms with E-state index in [-0.39, 0.29) is 12.3 Å². The number of carbonyl (C=O) groups excluding carboxylic acids is 3. The normalized spacial score (nSPS) is 14.2. The largest absolute Gasteiger partial charge is 0.444 e. The van der Waals surface area contributed by atoms with Gasteiger partial charge in [-0.2, -0.15) is 0 Å². The SMILES string of the molecule is Cc1sc(C(=O)CN(C)C(=O)OC(C)(C)C)cc1C1=C(c2csc(C=O)c2)CCC1. The molecule has 0 bridgehead atoms. The number of allylic oxidation sites excluding steroid dienone is 2. The molecule has 7 heteroatoms. The van der Waals surface area contributed by atoms with E-state index in [0.717, 1.165) is 46.4 Å². The molecule has 0 aromatic carbocycles. The number of Topliss-reactive ketones (excluding diaryl/α,β-unsaturated/α-hetero) is 1. The highest BCUT2D eigenvalue weighted by Gasteiger charge is 2.25. The molecule has 1 aliphatic rings. The number of ketones is 1. The minimum atomic E-state index is -0.599. The number of hydrogen-bond donors (Lipinski definition) is 0. The number of amides is 1. The van der Waals surface area contributed by atoms with Gasteiger partial charge in [-0.1, -0.05) is 0 Å². The van der Waals surface area contributed by atoms with E-state index < -0.39 is 11.7 Å². The highest BCUT2D eigenvalue weighted by atomic mass is 32.1. The number of rotatable bonds is 6. The van der Waals surface area contributed by atoms with Crippen molar-refractivity contribution in [2.75, 3.05) is 13.6 Å². The van der Waals surface area contributed by atoms with Crippen molar-refractivity contribution in [1.29, 1.82) is 0 Å². The maximum absolute atomic E-state index is 12.8. The van der Waals surface area contributed by atoms with Crippen LogP contribution in [0.1, 0.15) is 75.4 Å². The van der Waals surface area contributed by atoms with Gasteiger partial charge < -0.3 is 9.64 Å². The first-order valence-electron chi connectivity index (χ1n) is 9.93. The monoisotopic (exact) mass is 445 g/mol. The third-order valence-corrected chi connectivity index (χ3v) is 6.86. The van der Waals surface area contributed by atoms with Gasteiger partial charge in [0.05, 0.1) is 16.3 Å². The van der Waals surface area contributed by atoms with Crippen LogP contribution in [0.3, 0.4) is 0 Å². The van der Waals surface area contributed by atoms with Crippen LogP contribution in [0.15, 0.2) is 17.5 Å². The van der Waals surface area contributed by atoms with Gasteiger partial charge in [0, 0.05) is 11.9 Å². The zero-order chi connectivity index (χ0) is 22.1. The summed E-state index contributed by atoms with van der Waals surface area (Å²) in [5.41, 5.74) is 4.15. The van der Waals surface area contributed by atoms with E-state index in [0.29, 0.717) is 4.88 Å². The Kier molecular flexibility index (Phi) is 6.62. The molecule has 2 aromatic heterocycles. The predicted molar refractivity (Wildman–Crippen MR) is 123 cm³/mol. The Bertz CT molecular complexity index is 1010. The lowest BCUT2D eigenvalue weighted by Gasteiger charge is -2.24. The van der Waals surface area contributed by atoms with Crippen LogP contribution in [0.4, 0.5) is 4.79 Å². The van der Waals surface area contributed by atoms with Gasteiger partial charge in [0.25, 0.3) is 0 Å². The van der Waals surface area contributed by atoms with E-state index >= 15 is 0 Å². The first-order valence-corrected chi connectivity index (χ1v) is 11.6. The average Bonchev–Trinajstić information content (AvgIpc) is 3.38. The molecule has 0 unspecified atom stereocenters. The first kappa shape index (κ1) is 22.4. The van der Waals surface area contributed by atoms with Crippen molar-refractivity contribution < 1.29 is 19.1 Å². The van der Waals surface area contributed by atoms with Crippen LogP contribution < -0.4 is 0 Å². The average molecular weight is 446 g/mol. The van der Waals surface area contributed by atoms with E-state index in [1.165, 1.54) is 38.7 Å². The number of nitrogens with zero attached hydrogens (tertiary/aromatic N) is 1. The minimum absolute atomic E-state index is 0.0204. The number of aryl methyl sites for hydroxylation is 1. The number of ether oxygens (including phenoxy) is 1. The minimum Gasteiger partial charge on any atom is -0.444 e. The van der Waals surface area contributed by atoms with Crippen molar-refractivity contribution in [3.05, 3.63) is 43.3 Å². The molecular formula is C23H27NO4S2. The molecule has 5 nitrogen and oxygen atoms in total. The summed E-state index contributed by atoms with van der Waals surface area (Å²) in [5, 5.41) is 2.04. The van der Waals surface area contributed by atoms with Gasteiger partial charge in [0.15, 0.2) is 12.1 Å². The van der Waals surface area contributed by atoms with Crippen molar-refractivity contribution in [2.45, 2.75) is 52.6 Å². The van der Waals surface area contributed by atoms with Crippen LogP contribution in [-0.2, 0) is 4.74 Å². The van der Waals surface area contributed by atoms with Crippen LogP contribution in [0.2, 0.25) is 0 Å². The van der Waals surface area contributed by atoms with Gasteiger partial charge in [-0.25, -0.2) is 4.79 Å². The smallest absolute Gasteiger partial charge is 0.410 e. The van der Waals surface area contributed by atoms with Crippen LogP contribution in [0.25, 0.3) is 11.1 Å². The lowest BCUT2D eigenvalue weighted by molar-refractivity contribution is 0.0295. The predicted octanol–water partition coefficient (Wildman–Crippen LogP) is 6.07. The molecule has 0 N–H and O–H groups in total. The second kappa shape index (κ2) is 8.86. The summed E-state index contributed by atoms with van der Waals surface area (Å²) in [7, 11) is 1.58. The number of carbonyl (C=O) groups is 3. The Balaban J connectivity index is 1.81. The molecule has 0 atom stereocenters.